The summed E-state index contributed by atoms with van der Waals surface area (Å²) >= 11 is 0. The van der Waals surface area contributed by atoms with E-state index in [9.17, 15) is 4.79 Å². The highest BCUT2D eigenvalue weighted by Crippen LogP contribution is 2.09. The van der Waals surface area contributed by atoms with E-state index in [2.05, 4.69) is 15.3 Å². The second-order valence-corrected chi connectivity index (χ2v) is 3.65. The summed E-state index contributed by atoms with van der Waals surface area (Å²) in [7, 11) is 1.81. The molecule has 16 heavy (non-hydrogen) atoms. The Hall–Kier alpha value is -1.20. The number of amides is 1. The monoisotopic (exact) mass is 242 g/mol. The predicted molar refractivity (Wildman–Crippen MR) is 62.6 cm³/mol. The first-order chi connectivity index (χ1) is 7.29. The lowest BCUT2D eigenvalue weighted by molar-refractivity contribution is 0.0737. The van der Waals surface area contributed by atoms with E-state index >= 15 is 0 Å². The van der Waals surface area contributed by atoms with E-state index in [1.807, 2.05) is 7.05 Å². The Bertz CT molecular complexity index is 340. The highest BCUT2D eigenvalue weighted by molar-refractivity contribution is 5.92. The predicted octanol–water partition coefficient (Wildman–Crippen LogP) is 0.332. The number of aromatic nitrogens is 2. The Balaban J connectivity index is 0.00000128. The van der Waals surface area contributed by atoms with Gasteiger partial charge in [-0.3, -0.25) is 9.78 Å². The summed E-state index contributed by atoms with van der Waals surface area (Å²) in [4.78, 5) is 21.6. The minimum Gasteiger partial charge on any atom is -0.336 e. The number of rotatable bonds is 2. The number of halogens is 1. The van der Waals surface area contributed by atoms with Gasteiger partial charge in [-0.15, -0.1) is 12.4 Å². The zero-order valence-corrected chi connectivity index (χ0v) is 9.91. The molecule has 1 saturated heterocycles. The number of nitrogens with one attached hydrogen (secondary N) is 1. The average molecular weight is 243 g/mol. The number of carbonyl (C=O) groups is 1. The lowest BCUT2D eigenvalue weighted by Crippen LogP contribution is -2.38. The summed E-state index contributed by atoms with van der Waals surface area (Å²) in [5.74, 6) is -0.0585. The Kier molecular flexibility index (Phi) is 4.64. The minimum atomic E-state index is -0.0585. The normalized spacial score (nSPS) is 18.9. The lowest BCUT2D eigenvalue weighted by atomic mass is 10.2. The van der Waals surface area contributed by atoms with Crippen molar-refractivity contribution in [2.24, 2.45) is 0 Å². The first kappa shape index (κ1) is 12.9. The van der Waals surface area contributed by atoms with Gasteiger partial charge >= 0.3 is 0 Å². The van der Waals surface area contributed by atoms with Crippen LogP contribution in [-0.2, 0) is 0 Å². The molecule has 0 aliphatic carbocycles. The maximum atomic E-state index is 11.9. The molecule has 1 atom stereocenters. The highest BCUT2D eigenvalue weighted by atomic mass is 35.5. The molecule has 88 valence electrons. The van der Waals surface area contributed by atoms with Crippen LogP contribution in [0.5, 0.6) is 0 Å². The van der Waals surface area contributed by atoms with Crippen LogP contribution in [0, 0.1) is 0 Å². The van der Waals surface area contributed by atoms with E-state index in [4.69, 9.17) is 0 Å². The van der Waals surface area contributed by atoms with Crippen LogP contribution >= 0.6 is 12.4 Å². The van der Waals surface area contributed by atoms with Crippen LogP contribution in [0.25, 0.3) is 0 Å². The quantitative estimate of drug-likeness (QED) is 0.812. The standard InChI is InChI=1S/C10H14N4O.ClH/c1-14(8-2-3-11-6-8)10(15)9-7-12-4-5-13-9;/h4-5,7-8,11H,2-3,6H2,1H3;1H. The van der Waals surface area contributed by atoms with Gasteiger partial charge in [-0.05, 0) is 13.0 Å². The van der Waals surface area contributed by atoms with Gasteiger partial charge in [0.2, 0.25) is 0 Å². The van der Waals surface area contributed by atoms with Crippen LogP contribution in [0.2, 0.25) is 0 Å². The molecule has 1 aliphatic rings. The van der Waals surface area contributed by atoms with Gasteiger partial charge in [0.1, 0.15) is 5.69 Å². The molecule has 0 bridgehead atoms. The fourth-order valence-corrected chi connectivity index (χ4v) is 1.73. The first-order valence-corrected chi connectivity index (χ1v) is 5.03. The molecule has 1 N–H and O–H groups in total. The summed E-state index contributed by atoms with van der Waals surface area (Å²) in [5.41, 5.74) is 0.409. The van der Waals surface area contributed by atoms with Crippen molar-refractivity contribution in [2.75, 3.05) is 20.1 Å². The van der Waals surface area contributed by atoms with Crippen molar-refractivity contribution in [2.45, 2.75) is 12.5 Å². The van der Waals surface area contributed by atoms with E-state index in [1.165, 1.54) is 12.4 Å². The molecule has 1 aromatic heterocycles. The minimum absolute atomic E-state index is 0. The second kappa shape index (κ2) is 5.77. The Morgan fingerprint density at radius 1 is 1.56 bits per heavy atom. The topological polar surface area (TPSA) is 58.1 Å². The maximum absolute atomic E-state index is 11.9. The zero-order chi connectivity index (χ0) is 10.7. The molecule has 1 fully saturated rings. The fraction of sp³-hybridized carbons (Fsp3) is 0.500. The van der Waals surface area contributed by atoms with E-state index in [0.29, 0.717) is 5.69 Å². The van der Waals surface area contributed by atoms with Gasteiger partial charge in [-0.1, -0.05) is 0 Å². The summed E-state index contributed by atoms with van der Waals surface area (Å²) in [6.07, 6.45) is 5.60. The Labute approximate surface area is 101 Å². The SMILES string of the molecule is CN(C(=O)c1cnccn1)C1CCNC1.Cl. The Morgan fingerprint density at radius 2 is 2.38 bits per heavy atom. The van der Waals surface area contributed by atoms with Crippen LogP contribution in [0.4, 0.5) is 0 Å². The van der Waals surface area contributed by atoms with Gasteiger partial charge in [0, 0.05) is 32.0 Å². The second-order valence-electron chi connectivity index (χ2n) is 3.65. The van der Waals surface area contributed by atoms with Crippen molar-refractivity contribution < 1.29 is 4.79 Å². The van der Waals surface area contributed by atoms with Crippen molar-refractivity contribution in [3.63, 3.8) is 0 Å². The molecule has 1 aliphatic heterocycles. The molecule has 1 amide bonds. The van der Waals surface area contributed by atoms with Crippen molar-refractivity contribution in [1.82, 2.24) is 20.2 Å². The van der Waals surface area contributed by atoms with Gasteiger partial charge in [0.25, 0.3) is 5.91 Å². The lowest BCUT2D eigenvalue weighted by Gasteiger charge is -2.22. The molecule has 0 radical (unpaired) electrons. The molecule has 6 heteroatoms. The summed E-state index contributed by atoms with van der Waals surface area (Å²) in [6.45, 7) is 1.84. The van der Waals surface area contributed by atoms with Gasteiger partial charge in [-0.25, -0.2) is 4.98 Å². The Morgan fingerprint density at radius 3 is 2.94 bits per heavy atom. The van der Waals surface area contributed by atoms with E-state index in [0.717, 1.165) is 19.5 Å². The van der Waals surface area contributed by atoms with Crippen LogP contribution < -0.4 is 5.32 Å². The molecule has 5 nitrogen and oxygen atoms in total. The molecule has 1 aromatic rings. The summed E-state index contributed by atoms with van der Waals surface area (Å²) < 4.78 is 0. The number of hydrogen-bond donors (Lipinski definition) is 1. The van der Waals surface area contributed by atoms with E-state index in [1.54, 1.807) is 11.1 Å². The largest absolute Gasteiger partial charge is 0.336 e. The van der Waals surface area contributed by atoms with Crippen LogP contribution in [0.1, 0.15) is 16.9 Å². The van der Waals surface area contributed by atoms with Gasteiger partial charge in [0.05, 0.1) is 6.20 Å². The first-order valence-electron chi connectivity index (χ1n) is 5.03. The number of nitrogens with zero attached hydrogens (tertiary/aromatic N) is 3. The molecule has 0 saturated carbocycles. The highest BCUT2D eigenvalue weighted by Gasteiger charge is 2.24. The van der Waals surface area contributed by atoms with Crippen LogP contribution in [-0.4, -0.2) is 47.0 Å². The van der Waals surface area contributed by atoms with Crippen molar-refractivity contribution >= 4 is 18.3 Å². The number of hydrogen-bond acceptors (Lipinski definition) is 4. The number of carbonyl (C=O) groups excluding carboxylic acids is 1. The van der Waals surface area contributed by atoms with E-state index in [-0.39, 0.29) is 24.4 Å². The zero-order valence-electron chi connectivity index (χ0n) is 9.09. The van der Waals surface area contributed by atoms with Gasteiger partial charge in [-0.2, -0.15) is 0 Å². The molecular weight excluding hydrogens is 228 g/mol. The smallest absolute Gasteiger partial charge is 0.274 e. The van der Waals surface area contributed by atoms with Gasteiger partial charge in [0.15, 0.2) is 0 Å². The fourth-order valence-electron chi connectivity index (χ4n) is 1.73. The average Bonchev–Trinajstić information content (AvgIpc) is 2.82. The van der Waals surface area contributed by atoms with Crippen LogP contribution in [0.3, 0.4) is 0 Å². The molecule has 0 aromatic carbocycles. The molecule has 2 rings (SSSR count). The third-order valence-corrected chi connectivity index (χ3v) is 2.68. The molecule has 0 spiro atoms. The third-order valence-electron chi connectivity index (χ3n) is 2.68. The van der Waals surface area contributed by atoms with Crippen molar-refractivity contribution in [3.05, 3.63) is 24.3 Å². The van der Waals surface area contributed by atoms with Crippen molar-refractivity contribution in [1.29, 1.82) is 0 Å². The van der Waals surface area contributed by atoms with Crippen LogP contribution in [0.15, 0.2) is 18.6 Å². The number of likely N-dealkylation sites (N-methyl/N-ethyl adjacent to an activating group) is 1. The van der Waals surface area contributed by atoms with E-state index < -0.39 is 0 Å². The molecule has 2 heterocycles. The third kappa shape index (κ3) is 2.68. The van der Waals surface area contributed by atoms with Gasteiger partial charge < -0.3 is 10.2 Å². The maximum Gasteiger partial charge on any atom is 0.274 e. The van der Waals surface area contributed by atoms with Crippen molar-refractivity contribution in [3.8, 4) is 0 Å². The summed E-state index contributed by atoms with van der Waals surface area (Å²) in [5, 5.41) is 3.23. The summed E-state index contributed by atoms with van der Waals surface area (Å²) in [6, 6.07) is 0.277. The molecular formula is C10H15ClN4O. The molecule has 1 unspecified atom stereocenters.